The highest BCUT2D eigenvalue weighted by Gasteiger charge is 2.05. The molecule has 0 atom stereocenters. The molecule has 2 rings (SSSR count). The van der Waals surface area contributed by atoms with E-state index in [0.717, 1.165) is 11.1 Å². The van der Waals surface area contributed by atoms with Gasteiger partial charge in [0, 0.05) is 6.42 Å². The number of phenolic OH excluding ortho intramolecular Hbond substituents is 1. The van der Waals surface area contributed by atoms with Crippen LogP contribution in [-0.4, -0.2) is 17.2 Å². The summed E-state index contributed by atoms with van der Waals surface area (Å²) in [5, 5.41) is 13.5. The van der Waals surface area contributed by atoms with Gasteiger partial charge in [-0.15, -0.1) is 0 Å². The third kappa shape index (κ3) is 4.96. The van der Waals surface area contributed by atoms with Gasteiger partial charge in [0.25, 0.3) is 0 Å². The molecule has 1 amide bonds. The summed E-state index contributed by atoms with van der Waals surface area (Å²) in [6.45, 7) is 0. The van der Waals surface area contributed by atoms with Crippen LogP contribution >= 0.6 is 31.9 Å². The molecule has 0 heterocycles. The van der Waals surface area contributed by atoms with E-state index in [1.165, 1.54) is 6.21 Å². The van der Waals surface area contributed by atoms with Gasteiger partial charge in [0.1, 0.15) is 5.75 Å². The zero-order valence-electron chi connectivity index (χ0n) is 11.6. The molecule has 0 radical (unpaired) electrons. The van der Waals surface area contributed by atoms with Crippen molar-refractivity contribution in [1.82, 2.24) is 5.43 Å². The lowest BCUT2D eigenvalue weighted by molar-refractivity contribution is -0.121. The minimum absolute atomic E-state index is 0.129. The van der Waals surface area contributed by atoms with E-state index in [0.29, 0.717) is 21.8 Å². The Labute approximate surface area is 145 Å². The Morgan fingerprint density at radius 1 is 1.18 bits per heavy atom. The zero-order chi connectivity index (χ0) is 15.9. The number of halogens is 2. The van der Waals surface area contributed by atoms with Gasteiger partial charge in [-0.05, 0) is 61.5 Å². The van der Waals surface area contributed by atoms with Crippen molar-refractivity contribution in [1.29, 1.82) is 0 Å². The number of aromatic hydroxyl groups is 1. The van der Waals surface area contributed by atoms with E-state index < -0.39 is 0 Å². The molecule has 0 aromatic heterocycles. The Morgan fingerprint density at radius 3 is 2.45 bits per heavy atom. The zero-order valence-corrected chi connectivity index (χ0v) is 14.8. The van der Waals surface area contributed by atoms with E-state index in [1.807, 2.05) is 30.3 Å². The molecule has 0 aliphatic heterocycles. The molecule has 0 aliphatic carbocycles. The molecule has 22 heavy (non-hydrogen) atoms. The van der Waals surface area contributed by atoms with E-state index in [-0.39, 0.29) is 11.7 Å². The quantitative estimate of drug-likeness (QED) is 0.561. The van der Waals surface area contributed by atoms with Crippen molar-refractivity contribution in [3.63, 3.8) is 0 Å². The van der Waals surface area contributed by atoms with Crippen LogP contribution in [-0.2, 0) is 11.2 Å². The summed E-state index contributed by atoms with van der Waals surface area (Å²) in [5.74, 6) is -0.0129. The van der Waals surface area contributed by atoms with Crippen molar-refractivity contribution in [3.05, 3.63) is 62.5 Å². The first-order valence-electron chi connectivity index (χ1n) is 6.60. The van der Waals surface area contributed by atoms with Crippen LogP contribution in [0.15, 0.2) is 56.5 Å². The first-order chi connectivity index (χ1) is 10.6. The Bertz CT molecular complexity index is 665. The van der Waals surface area contributed by atoms with E-state index in [4.69, 9.17) is 0 Å². The molecule has 0 unspecified atom stereocenters. The van der Waals surface area contributed by atoms with Crippen LogP contribution in [0.3, 0.4) is 0 Å². The molecule has 114 valence electrons. The number of carbonyl (C=O) groups is 1. The SMILES string of the molecule is O=C(CCc1ccccc1)N/N=C\c1cc(Br)c(O)c(Br)c1. The lowest BCUT2D eigenvalue weighted by Gasteiger charge is -2.03. The number of amides is 1. The molecule has 2 aromatic rings. The van der Waals surface area contributed by atoms with Gasteiger partial charge in [-0.3, -0.25) is 4.79 Å². The number of hydrogen-bond donors (Lipinski definition) is 2. The molecule has 0 saturated heterocycles. The fourth-order valence-electron chi connectivity index (χ4n) is 1.80. The number of hydrogen-bond acceptors (Lipinski definition) is 3. The highest BCUT2D eigenvalue weighted by molar-refractivity contribution is 9.11. The maximum Gasteiger partial charge on any atom is 0.240 e. The van der Waals surface area contributed by atoms with Gasteiger partial charge >= 0.3 is 0 Å². The van der Waals surface area contributed by atoms with Crippen molar-refractivity contribution in [2.75, 3.05) is 0 Å². The Kier molecular flexibility index (Phi) is 6.15. The third-order valence-electron chi connectivity index (χ3n) is 2.93. The van der Waals surface area contributed by atoms with E-state index >= 15 is 0 Å². The van der Waals surface area contributed by atoms with E-state index in [9.17, 15) is 9.90 Å². The Hall–Kier alpha value is -1.66. The second kappa shape index (κ2) is 8.10. The first-order valence-corrected chi connectivity index (χ1v) is 8.18. The molecule has 0 saturated carbocycles. The van der Waals surface area contributed by atoms with Gasteiger partial charge in [-0.1, -0.05) is 30.3 Å². The molecule has 2 N–H and O–H groups in total. The predicted octanol–water partition coefficient (Wildman–Crippen LogP) is 4.00. The number of phenols is 1. The van der Waals surface area contributed by atoms with Crippen molar-refractivity contribution < 1.29 is 9.90 Å². The average Bonchev–Trinajstić information content (AvgIpc) is 2.51. The maximum atomic E-state index is 11.7. The molecule has 2 aromatic carbocycles. The molecule has 0 spiro atoms. The van der Waals surface area contributed by atoms with Gasteiger partial charge in [-0.2, -0.15) is 5.10 Å². The summed E-state index contributed by atoms with van der Waals surface area (Å²) in [6.07, 6.45) is 2.58. The number of nitrogens with zero attached hydrogens (tertiary/aromatic N) is 1. The second-order valence-corrected chi connectivity index (χ2v) is 6.32. The molecule has 4 nitrogen and oxygen atoms in total. The summed E-state index contributed by atoms with van der Waals surface area (Å²) in [5.41, 5.74) is 4.36. The fourth-order valence-corrected chi connectivity index (χ4v) is 3.02. The van der Waals surface area contributed by atoms with Gasteiger partial charge < -0.3 is 5.11 Å². The highest BCUT2D eigenvalue weighted by Crippen LogP contribution is 2.32. The lowest BCUT2D eigenvalue weighted by atomic mass is 10.1. The number of rotatable bonds is 5. The number of nitrogens with one attached hydrogen (secondary N) is 1. The van der Waals surface area contributed by atoms with Crippen LogP contribution in [0.25, 0.3) is 0 Å². The number of aryl methyl sites for hydroxylation is 1. The average molecular weight is 426 g/mol. The van der Waals surface area contributed by atoms with Gasteiger partial charge in [0.15, 0.2) is 0 Å². The molecule has 0 bridgehead atoms. The van der Waals surface area contributed by atoms with E-state index in [2.05, 4.69) is 42.4 Å². The van der Waals surface area contributed by atoms with Gasteiger partial charge in [-0.25, -0.2) is 5.43 Å². The number of hydrazone groups is 1. The third-order valence-corrected chi connectivity index (χ3v) is 4.13. The summed E-state index contributed by atoms with van der Waals surface area (Å²) in [6, 6.07) is 13.2. The summed E-state index contributed by atoms with van der Waals surface area (Å²) in [7, 11) is 0. The van der Waals surface area contributed by atoms with Crippen molar-refractivity contribution >= 4 is 44.0 Å². The number of benzene rings is 2. The molecular formula is C16H14Br2N2O2. The van der Waals surface area contributed by atoms with Crippen molar-refractivity contribution in [2.24, 2.45) is 5.10 Å². The second-order valence-electron chi connectivity index (χ2n) is 4.61. The minimum atomic E-state index is -0.142. The molecule has 0 fully saturated rings. The topological polar surface area (TPSA) is 61.7 Å². The highest BCUT2D eigenvalue weighted by atomic mass is 79.9. The minimum Gasteiger partial charge on any atom is -0.506 e. The Morgan fingerprint density at radius 2 is 1.82 bits per heavy atom. The van der Waals surface area contributed by atoms with Crippen molar-refractivity contribution in [2.45, 2.75) is 12.8 Å². The summed E-state index contributed by atoms with van der Waals surface area (Å²) < 4.78 is 1.11. The lowest BCUT2D eigenvalue weighted by Crippen LogP contribution is -2.17. The Balaban J connectivity index is 1.85. The van der Waals surface area contributed by atoms with Crippen LogP contribution in [0, 0.1) is 0 Å². The van der Waals surface area contributed by atoms with Crippen LogP contribution in [0.5, 0.6) is 5.75 Å². The smallest absolute Gasteiger partial charge is 0.240 e. The summed E-state index contributed by atoms with van der Waals surface area (Å²) >= 11 is 6.48. The van der Waals surface area contributed by atoms with Crippen LogP contribution in [0.4, 0.5) is 0 Å². The van der Waals surface area contributed by atoms with E-state index in [1.54, 1.807) is 12.1 Å². The first kappa shape index (κ1) is 16.7. The van der Waals surface area contributed by atoms with Crippen molar-refractivity contribution in [3.8, 4) is 5.75 Å². The molecule has 0 aliphatic rings. The van der Waals surface area contributed by atoms with Gasteiger partial charge in [0.05, 0.1) is 15.2 Å². The van der Waals surface area contributed by atoms with Crippen LogP contribution < -0.4 is 5.43 Å². The van der Waals surface area contributed by atoms with Crippen LogP contribution in [0.1, 0.15) is 17.5 Å². The fraction of sp³-hybridized carbons (Fsp3) is 0.125. The number of carbonyl (C=O) groups excluding carboxylic acids is 1. The molecular weight excluding hydrogens is 412 g/mol. The molecule has 6 heteroatoms. The summed E-state index contributed by atoms with van der Waals surface area (Å²) in [4.78, 5) is 11.7. The van der Waals surface area contributed by atoms with Crippen LogP contribution in [0.2, 0.25) is 0 Å². The van der Waals surface area contributed by atoms with Gasteiger partial charge in [0.2, 0.25) is 5.91 Å². The normalized spacial score (nSPS) is 10.8. The largest absolute Gasteiger partial charge is 0.506 e. The monoisotopic (exact) mass is 424 g/mol. The predicted molar refractivity (Wildman–Crippen MR) is 94.0 cm³/mol. The standard InChI is InChI=1S/C16H14Br2N2O2/c17-13-8-12(9-14(18)16(13)22)10-19-20-15(21)7-6-11-4-2-1-3-5-11/h1-5,8-10,22H,6-7H2,(H,20,21)/b19-10-. The maximum absolute atomic E-state index is 11.7.